The number of hydrogen-bond acceptors (Lipinski definition) is 3. The van der Waals surface area contributed by atoms with Crippen molar-refractivity contribution in [3.05, 3.63) is 62.5 Å². The van der Waals surface area contributed by atoms with E-state index in [0.717, 1.165) is 4.47 Å². The Bertz CT molecular complexity index is 839. The molecule has 2 aromatic carbocycles. The number of halogens is 3. The van der Waals surface area contributed by atoms with Crippen LogP contribution < -0.4 is 10.1 Å². The Morgan fingerprint density at radius 1 is 1.07 bits per heavy atom. The first kappa shape index (κ1) is 23.5. The summed E-state index contributed by atoms with van der Waals surface area (Å²) in [6.45, 7) is 5.26. The Labute approximate surface area is 189 Å². The topological polar surface area (TPSA) is 58.6 Å². The van der Waals surface area contributed by atoms with Gasteiger partial charge in [0.2, 0.25) is 5.91 Å². The molecule has 5 nitrogen and oxygen atoms in total. The number of amides is 2. The van der Waals surface area contributed by atoms with Crippen LogP contribution in [0.4, 0.5) is 0 Å². The van der Waals surface area contributed by atoms with Gasteiger partial charge in [-0.05, 0) is 57.2 Å². The maximum Gasteiger partial charge on any atom is 0.261 e. The molecule has 0 bridgehead atoms. The molecule has 8 heteroatoms. The van der Waals surface area contributed by atoms with Crippen LogP contribution in [-0.2, 0) is 16.1 Å². The van der Waals surface area contributed by atoms with Crippen LogP contribution in [-0.4, -0.2) is 35.4 Å². The van der Waals surface area contributed by atoms with Crippen molar-refractivity contribution in [1.82, 2.24) is 10.2 Å². The monoisotopic (exact) mass is 500 g/mol. The van der Waals surface area contributed by atoms with Crippen LogP contribution in [0.15, 0.2) is 46.9 Å². The minimum absolute atomic E-state index is 0.0511. The van der Waals surface area contributed by atoms with Crippen molar-refractivity contribution >= 4 is 50.9 Å². The fourth-order valence-electron chi connectivity index (χ4n) is 2.60. The predicted octanol–water partition coefficient (Wildman–Crippen LogP) is 5.08. The van der Waals surface area contributed by atoms with Crippen LogP contribution >= 0.6 is 39.1 Å². The van der Waals surface area contributed by atoms with Crippen molar-refractivity contribution in [2.24, 2.45) is 0 Å². The zero-order valence-corrected chi connectivity index (χ0v) is 19.5. The number of nitrogens with one attached hydrogen (secondary N) is 1. The average Bonchev–Trinajstić information content (AvgIpc) is 2.66. The van der Waals surface area contributed by atoms with Gasteiger partial charge in [0.05, 0.1) is 0 Å². The predicted molar refractivity (Wildman–Crippen MR) is 119 cm³/mol. The van der Waals surface area contributed by atoms with E-state index in [1.807, 2.05) is 26.0 Å². The van der Waals surface area contributed by atoms with E-state index in [-0.39, 0.29) is 31.0 Å². The average molecular weight is 502 g/mol. The number of rotatable bonds is 8. The number of nitrogens with zero attached hydrogens (tertiary/aromatic N) is 1. The van der Waals surface area contributed by atoms with Crippen molar-refractivity contribution in [1.29, 1.82) is 0 Å². The van der Waals surface area contributed by atoms with Crippen LogP contribution in [0.3, 0.4) is 0 Å². The summed E-state index contributed by atoms with van der Waals surface area (Å²) in [4.78, 5) is 26.9. The summed E-state index contributed by atoms with van der Waals surface area (Å²) < 4.78 is 6.51. The van der Waals surface area contributed by atoms with E-state index < -0.39 is 6.04 Å². The second-order valence-corrected chi connectivity index (χ2v) is 8.53. The molecule has 0 aliphatic heterocycles. The lowest BCUT2D eigenvalue weighted by Crippen LogP contribution is -2.50. The van der Waals surface area contributed by atoms with Crippen LogP contribution in [0.2, 0.25) is 10.0 Å². The van der Waals surface area contributed by atoms with Gasteiger partial charge in [-0.15, -0.1) is 0 Å². The smallest absolute Gasteiger partial charge is 0.261 e. The normalized spacial score (nSPS) is 11.8. The van der Waals surface area contributed by atoms with E-state index in [4.69, 9.17) is 27.9 Å². The quantitative estimate of drug-likeness (QED) is 0.548. The molecule has 0 aromatic heterocycles. The van der Waals surface area contributed by atoms with Crippen molar-refractivity contribution in [2.75, 3.05) is 6.61 Å². The molecule has 0 spiro atoms. The lowest BCUT2D eigenvalue weighted by molar-refractivity contribution is -0.142. The third kappa shape index (κ3) is 6.91. The molecule has 29 heavy (non-hydrogen) atoms. The van der Waals surface area contributed by atoms with Gasteiger partial charge in [0.25, 0.3) is 5.91 Å². The molecule has 0 saturated heterocycles. The molecule has 156 valence electrons. The summed E-state index contributed by atoms with van der Waals surface area (Å²) in [5.41, 5.74) is 0.581. The molecular formula is C21H23BrCl2N2O3. The molecule has 0 fully saturated rings. The third-order valence-electron chi connectivity index (χ3n) is 4.16. The summed E-state index contributed by atoms with van der Waals surface area (Å²) in [5.74, 6) is -0.0629. The van der Waals surface area contributed by atoms with Crippen LogP contribution in [0, 0.1) is 0 Å². The molecule has 0 aliphatic rings. The highest BCUT2D eigenvalue weighted by Gasteiger charge is 2.28. The number of hydrogen-bond donors (Lipinski definition) is 1. The zero-order chi connectivity index (χ0) is 21.6. The highest BCUT2D eigenvalue weighted by molar-refractivity contribution is 9.10. The molecule has 0 aliphatic carbocycles. The molecule has 2 aromatic rings. The summed E-state index contributed by atoms with van der Waals surface area (Å²) >= 11 is 15.9. The van der Waals surface area contributed by atoms with Crippen LogP contribution in [0.1, 0.15) is 26.3 Å². The van der Waals surface area contributed by atoms with Gasteiger partial charge in [-0.3, -0.25) is 9.59 Å². The van der Waals surface area contributed by atoms with E-state index in [1.165, 1.54) is 4.90 Å². The third-order valence-corrected chi connectivity index (χ3v) is 5.40. The summed E-state index contributed by atoms with van der Waals surface area (Å²) in [6.07, 6.45) is 0. The fraction of sp³-hybridized carbons (Fsp3) is 0.333. The van der Waals surface area contributed by atoms with E-state index in [0.29, 0.717) is 21.4 Å². The number of ether oxygens (including phenoxy) is 1. The van der Waals surface area contributed by atoms with E-state index in [9.17, 15) is 9.59 Å². The highest BCUT2D eigenvalue weighted by atomic mass is 79.9. The molecule has 1 N–H and O–H groups in total. The molecule has 0 heterocycles. The first-order valence-electron chi connectivity index (χ1n) is 9.10. The van der Waals surface area contributed by atoms with Gasteiger partial charge in [-0.1, -0.05) is 45.2 Å². The van der Waals surface area contributed by atoms with Crippen molar-refractivity contribution in [3.8, 4) is 5.75 Å². The second-order valence-electron chi connectivity index (χ2n) is 6.80. The Balaban J connectivity index is 2.21. The van der Waals surface area contributed by atoms with E-state index in [2.05, 4.69) is 21.2 Å². The number of carbonyl (C=O) groups is 2. The standard InChI is InChI=1S/C21H23BrCl2N2O3/c1-13(2)25-21(28)14(3)26(11-17-18(23)5-4-6-19(17)24)20(27)12-29-16-9-7-15(22)8-10-16/h4-10,13-14H,11-12H2,1-3H3,(H,25,28)/t14-/m0/s1. The summed E-state index contributed by atoms with van der Waals surface area (Å²) in [5, 5.41) is 3.69. The molecule has 2 amide bonds. The largest absolute Gasteiger partial charge is 0.484 e. The molecule has 0 radical (unpaired) electrons. The maximum atomic E-state index is 13.0. The Hall–Kier alpha value is -1.76. The molecule has 1 atom stereocenters. The Morgan fingerprint density at radius 2 is 1.66 bits per heavy atom. The zero-order valence-electron chi connectivity index (χ0n) is 16.4. The lowest BCUT2D eigenvalue weighted by Gasteiger charge is -2.30. The fourth-order valence-corrected chi connectivity index (χ4v) is 3.38. The minimum Gasteiger partial charge on any atom is -0.484 e. The highest BCUT2D eigenvalue weighted by Crippen LogP contribution is 2.26. The first-order chi connectivity index (χ1) is 13.7. The summed E-state index contributed by atoms with van der Waals surface area (Å²) in [7, 11) is 0. The van der Waals surface area contributed by atoms with Gasteiger partial charge in [-0.25, -0.2) is 0 Å². The van der Waals surface area contributed by atoms with Gasteiger partial charge < -0.3 is 15.0 Å². The molecule has 2 rings (SSSR count). The lowest BCUT2D eigenvalue weighted by atomic mass is 10.1. The maximum absolute atomic E-state index is 13.0. The van der Waals surface area contributed by atoms with Crippen LogP contribution in [0.5, 0.6) is 5.75 Å². The van der Waals surface area contributed by atoms with Crippen LogP contribution in [0.25, 0.3) is 0 Å². The summed E-state index contributed by atoms with van der Waals surface area (Å²) in [6, 6.07) is 11.5. The van der Waals surface area contributed by atoms with Crippen molar-refractivity contribution in [2.45, 2.75) is 39.4 Å². The number of benzene rings is 2. The molecular weight excluding hydrogens is 479 g/mol. The van der Waals surface area contributed by atoms with E-state index in [1.54, 1.807) is 37.3 Å². The van der Waals surface area contributed by atoms with Gasteiger partial charge in [-0.2, -0.15) is 0 Å². The molecule has 0 saturated carbocycles. The van der Waals surface area contributed by atoms with E-state index >= 15 is 0 Å². The van der Waals surface area contributed by atoms with Gasteiger partial charge in [0.1, 0.15) is 11.8 Å². The van der Waals surface area contributed by atoms with Crippen molar-refractivity contribution in [3.63, 3.8) is 0 Å². The van der Waals surface area contributed by atoms with Gasteiger partial charge in [0.15, 0.2) is 6.61 Å². The Kier molecular flexibility index (Phi) is 8.80. The first-order valence-corrected chi connectivity index (χ1v) is 10.6. The number of carbonyl (C=O) groups excluding carboxylic acids is 2. The van der Waals surface area contributed by atoms with Gasteiger partial charge >= 0.3 is 0 Å². The molecule has 0 unspecified atom stereocenters. The second kappa shape index (κ2) is 10.9. The SMILES string of the molecule is CC(C)NC(=O)[C@H](C)N(Cc1c(Cl)cccc1Cl)C(=O)COc1ccc(Br)cc1. The van der Waals surface area contributed by atoms with Gasteiger partial charge in [0, 0.05) is 32.7 Å². The minimum atomic E-state index is -0.731. The van der Waals surface area contributed by atoms with Crippen molar-refractivity contribution < 1.29 is 14.3 Å². The Morgan fingerprint density at radius 3 is 2.21 bits per heavy atom.